The molecular formula is C18H29F2O5P. The fourth-order valence-corrected chi connectivity index (χ4v) is 4.05. The quantitative estimate of drug-likeness (QED) is 0.507. The SMILES string of the molecule is CC(C)OP(=O)(OC(C)C)C(F)(F)CCC(O)COCc1ccccc1. The van der Waals surface area contributed by atoms with E-state index in [1.807, 2.05) is 30.3 Å². The van der Waals surface area contributed by atoms with E-state index in [4.69, 9.17) is 13.8 Å². The van der Waals surface area contributed by atoms with Crippen molar-refractivity contribution in [3.05, 3.63) is 35.9 Å². The van der Waals surface area contributed by atoms with Gasteiger partial charge in [-0.2, -0.15) is 8.78 Å². The Morgan fingerprint density at radius 3 is 2.12 bits per heavy atom. The number of hydrogen-bond acceptors (Lipinski definition) is 5. The zero-order chi connectivity index (χ0) is 19.8. The van der Waals surface area contributed by atoms with Crippen LogP contribution in [-0.4, -0.2) is 35.7 Å². The maximum absolute atomic E-state index is 14.5. The first kappa shape index (κ1) is 23.2. The molecule has 0 saturated heterocycles. The van der Waals surface area contributed by atoms with Crippen LogP contribution in [0.1, 0.15) is 46.1 Å². The Morgan fingerprint density at radius 2 is 1.62 bits per heavy atom. The van der Waals surface area contributed by atoms with Crippen LogP contribution in [0.25, 0.3) is 0 Å². The van der Waals surface area contributed by atoms with E-state index < -0.39 is 38.0 Å². The molecule has 0 saturated carbocycles. The monoisotopic (exact) mass is 394 g/mol. The summed E-state index contributed by atoms with van der Waals surface area (Å²) in [6.07, 6.45) is -3.56. The number of halogens is 2. The largest absolute Gasteiger partial charge is 0.400 e. The van der Waals surface area contributed by atoms with Crippen molar-refractivity contribution in [1.29, 1.82) is 0 Å². The van der Waals surface area contributed by atoms with Gasteiger partial charge in [0.15, 0.2) is 0 Å². The summed E-state index contributed by atoms with van der Waals surface area (Å²) in [5.41, 5.74) is -2.77. The fraction of sp³-hybridized carbons (Fsp3) is 0.667. The molecule has 1 unspecified atom stereocenters. The second-order valence-electron chi connectivity index (χ2n) is 6.66. The summed E-state index contributed by atoms with van der Waals surface area (Å²) < 4.78 is 56.8. The van der Waals surface area contributed by atoms with E-state index in [1.54, 1.807) is 0 Å². The minimum atomic E-state index is -4.65. The van der Waals surface area contributed by atoms with E-state index in [9.17, 15) is 18.5 Å². The van der Waals surface area contributed by atoms with Gasteiger partial charge in [0.05, 0.1) is 31.5 Å². The van der Waals surface area contributed by atoms with Gasteiger partial charge in [-0.1, -0.05) is 30.3 Å². The molecule has 0 heterocycles. The molecule has 5 nitrogen and oxygen atoms in total. The highest BCUT2D eigenvalue weighted by Crippen LogP contribution is 2.65. The summed E-state index contributed by atoms with van der Waals surface area (Å²) in [6.45, 7) is 6.24. The van der Waals surface area contributed by atoms with E-state index in [0.717, 1.165) is 5.56 Å². The highest BCUT2D eigenvalue weighted by atomic mass is 31.2. The first-order valence-corrected chi connectivity index (χ1v) is 10.2. The maximum Gasteiger partial charge on any atom is 0.400 e. The number of alkyl halides is 2. The second kappa shape index (κ2) is 10.5. The van der Waals surface area contributed by atoms with E-state index >= 15 is 0 Å². The summed E-state index contributed by atoms with van der Waals surface area (Å²) in [4.78, 5) is 0. The zero-order valence-corrected chi connectivity index (χ0v) is 16.6. The van der Waals surface area contributed by atoms with Gasteiger partial charge < -0.3 is 18.9 Å². The predicted octanol–water partition coefficient (Wildman–Crippen LogP) is 4.98. The van der Waals surface area contributed by atoms with Crippen LogP contribution in [0.4, 0.5) is 8.78 Å². The molecule has 0 aliphatic rings. The van der Waals surface area contributed by atoms with Crippen LogP contribution in [0.15, 0.2) is 30.3 Å². The average Bonchev–Trinajstić information content (AvgIpc) is 2.52. The van der Waals surface area contributed by atoms with Gasteiger partial charge in [0.1, 0.15) is 0 Å². The number of aliphatic hydroxyl groups excluding tert-OH is 1. The lowest BCUT2D eigenvalue weighted by atomic mass is 10.2. The van der Waals surface area contributed by atoms with E-state index in [-0.39, 0.29) is 19.6 Å². The van der Waals surface area contributed by atoms with Gasteiger partial charge in [0.25, 0.3) is 0 Å². The number of rotatable bonds is 12. The molecule has 1 aromatic rings. The minimum Gasteiger partial charge on any atom is -0.391 e. The Kier molecular flexibility index (Phi) is 9.34. The molecule has 1 N–H and O–H groups in total. The molecule has 0 radical (unpaired) electrons. The van der Waals surface area contributed by atoms with Crippen LogP contribution >= 0.6 is 7.60 Å². The molecule has 0 bridgehead atoms. The number of aliphatic hydroxyl groups is 1. The summed E-state index contributed by atoms with van der Waals surface area (Å²) in [5, 5.41) is 9.89. The van der Waals surface area contributed by atoms with Gasteiger partial charge in [-0.05, 0) is 39.7 Å². The standard InChI is InChI=1S/C18H29F2O5P/c1-14(2)24-26(22,25-15(3)4)18(19,20)11-10-17(21)13-23-12-16-8-6-5-7-9-16/h5-9,14-15,17,21H,10-13H2,1-4H3. The highest BCUT2D eigenvalue weighted by molar-refractivity contribution is 7.55. The molecule has 0 aliphatic heterocycles. The van der Waals surface area contributed by atoms with E-state index in [2.05, 4.69) is 0 Å². The number of ether oxygens (including phenoxy) is 1. The van der Waals surface area contributed by atoms with Crippen molar-refractivity contribution in [2.75, 3.05) is 6.61 Å². The summed E-state index contributed by atoms with van der Waals surface area (Å²) in [6, 6.07) is 9.32. The zero-order valence-electron chi connectivity index (χ0n) is 15.7. The van der Waals surface area contributed by atoms with Crippen molar-refractivity contribution >= 4 is 7.60 Å². The van der Waals surface area contributed by atoms with Crippen LogP contribution in [0.2, 0.25) is 0 Å². The lowest BCUT2D eigenvalue weighted by molar-refractivity contribution is -0.0140. The molecule has 1 aromatic carbocycles. The molecule has 0 fully saturated rings. The first-order valence-electron chi connectivity index (χ1n) is 8.70. The predicted molar refractivity (Wildman–Crippen MR) is 96.3 cm³/mol. The van der Waals surface area contributed by atoms with Gasteiger partial charge in [-0.15, -0.1) is 0 Å². The Bertz CT molecular complexity index is 552. The van der Waals surface area contributed by atoms with Crippen LogP contribution in [0.5, 0.6) is 0 Å². The van der Waals surface area contributed by atoms with Crippen LogP contribution in [0, 0.1) is 0 Å². The molecule has 0 aromatic heterocycles. The van der Waals surface area contributed by atoms with Crippen molar-refractivity contribution in [2.45, 2.75) is 71.1 Å². The molecule has 0 aliphatic carbocycles. The van der Waals surface area contributed by atoms with Crippen molar-refractivity contribution in [3.63, 3.8) is 0 Å². The van der Waals surface area contributed by atoms with Crippen molar-refractivity contribution in [1.82, 2.24) is 0 Å². The Labute approximate surface area is 154 Å². The van der Waals surface area contributed by atoms with E-state index in [1.165, 1.54) is 27.7 Å². The lowest BCUT2D eigenvalue weighted by Gasteiger charge is -2.29. The third kappa shape index (κ3) is 7.80. The van der Waals surface area contributed by atoms with Gasteiger partial charge in [0, 0.05) is 6.42 Å². The van der Waals surface area contributed by atoms with E-state index in [0.29, 0.717) is 0 Å². The highest BCUT2D eigenvalue weighted by Gasteiger charge is 2.54. The minimum absolute atomic E-state index is 0.0919. The van der Waals surface area contributed by atoms with Crippen molar-refractivity contribution < 1.29 is 32.2 Å². The Balaban J connectivity index is 2.54. The lowest BCUT2D eigenvalue weighted by Crippen LogP contribution is -2.26. The Hall–Kier alpha value is -0.850. The fourth-order valence-electron chi connectivity index (χ4n) is 2.18. The molecule has 0 spiro atoms. The second-order valence-corrected chi connectivity index (χ2v) is 8.74. The van der Waals surface area contributed by atoms with Gasteiger partial charge >= 0.3 is 13.3 Å². The molecular weight excluding hydrogens is 365 g/mol. The summed E-state index contributed by atoms with van der Waals surface area (Å²) in [5.74, 6) is 0. The molecule has 150 valence electrons. The van der Waals surface area contributed by atoms with Crippen molar-refractivity contribution in [2.24, 2.45) is 0 Å². The normalized spacial score (nSPS) is 14.2. The summed E-state index contributed by atoms with van der Waals surface area (Å²) in [7, 11) is -4.65. The number of hydrogen-bond donors (Lipinski definition) is 1. The van der Waals surface area contributed by atoms with Crippen LogP contribution in [-0.2, 0) is 25.0 Å². The van der Waals surface area contributed by atoms with Crippen LogP contribution in [0.3, 0.4) is 0 Å². The molecule has 0 amide bonds. The molecule has 1 rings (SSSR count). The smallest absolute Gasteiger partial charge is 0.391 e. The topological polar surface area (TPSA) is 65.0 Å². The molecule has 26 heavy (non-hydrogen) atoms. The van der Waals surface area contributed by atoms with Crippen LogP contribution < -0.4 is 0 Å². The first-order chi connectivity index (χ1) is 12.1. The van der Waals surface area contributed by atoms with Crippen molar-refractivity contribution in [3.8, 4) is 0 Å². The number of benzene rings is 1. The maximum atomic E-state index is 14.5. The Morgan fingerprint density at radius 1 is 1.08 bits per heavy atom. The molecule has 1 atom stereocenters. The summed E-state index contributed by atoms with van der Waals surface area (Å²) >= 11 is 0. The molecule has 8 heteroatoms. The third-order valence-electron chi connectivity index (χ3n) is 3.30. The van der Waals surface area contributed by atoms with Gasteiger partial charge in [0.2, 0.25) is 0 Å². The third-order valence-corrected chi connectivity index (χ3v) is 5.72. The van der Waals surface area contributed by atoms with Gasteiger partial charge in [-0.3, -0.25) is 4.57 Å². The van der Waals surface area contributed by atoms with Gasteiger partial charge in [-0.25, -0.2) is 0 Å². The average molecular weight is 394 g/mol.